The van der Waals surface area contributed by atoms with Crippen molar-refractivity contribution in [3.8, 4) is 11.5 Å². The van der Waals surface area contributed by atoms with Gasteiger partial charge in [-0.2, -0.15) is 0 Å². The van der Waals surface area contributed by atoms with Crippen molar-refractivity contribution < 1.29 is 43.5 Å². The molecule has 1 saturated heterocycles. The zero-order valence-corrected chi connectivity index (χ0v) is 29.5. The number of carbonyl (C=O) groups is 2. The average molecular weight is 672 g/mol. The van der Waals surface area contributed by atoms with Gasteiger partial charge in [-0.05, 0) is 94.7 Å². The van der Waals surface area contributed by atoms with E-state index in [0.29, 0.717) is 30.1 Å². The average Bonchev–Trinajstić information content (AvgIpc) is 3.73. The van der Waals surface area contributed by atoms with Gasteiger partial charge in [-0.15, -0.1) is 0 Å². The van der Waals surface area contributed by atoms with E-state index in [1.807, 2.05) is 12.1 Å². The van der Waals surface area contributed by atoms with Crippen molar-refractivity contribution in [2.75, 3.05) is 33.6 Å². The molecule has 1 aromatic rings. The summed E-state index contributed by atoms with van der Waals surface area (Å²) in [4.78, 5) is 29.7. The number of esters is 2. The number of hydrogen-bond acceptors (Lipinski definition) is 10. The quantitative estimate of drug-likeness (QED) is 0.140. The minimum atomic E-state index is -2.13. The fourth-order valence-electron chi connectivity index (χ4n) is 8.11. The molecule has 3 aliphatic heterocycles. The molecule has 268 valence electrons. The standard InChI is InChI=1S/C38H57NO9/c1-5-6-7-8-9-10-11-12-21-45-32(40)25-38(43,18-13-16-36(2,3)42)35(41)48-34-31(44-4)24-37-17-14-19-39(37)20-15-27-22-29-30(47-26-46-29)23-28(27)33(34)37/h22-24,33-34,42-43H,5-21,25-26H2,1-4H3/t33-,34?,37+,38?/m1/s1. The van der Waals surface area contributed by atoms with Crippen LogP contribution in [0.5, 0.6) is 11.5 Å². The normalized spacial score (nSPS) is 24.2. The first-order valence-electron chi connectivity index (χ1n) is 18.3. The highest BCUT2D eigenvalue weighted by molar-refractivity contribution is 5.86. The van der Waals surface area contributed by atoms with Crippen molar-refractivity contribution in [3.05, 3.63) is 35.1 Å². The van der Waals surface area contributed by atoms with E-state index in [0.717, 1.165) is 62.7 Å². The molecular formula is C38H57NO9. The molecule has 48 heavy (non-hydrogen) atoms. The first-order valence-corrected chi connectivity index (χ1v) is 18.3. The number of rotatable bonds is 18. The van der Waals surface area contributed by atoms with Gasteiger partial charge >= 0.3 is 11.9 Å². The van der Waals surface area contributed by atoms with Crippen LogP contribution in [0.15, 0.2) is 24.0 Å². The third-order valence-corrected chi connectivity index (χ3v) is 10.7. The summed E-state index contributed by atoms with van der Waals surface area (Å²) >= 11 is 0. The van der Waals surface area contributed by atoms with E-state index in [2.05, 4.69) is 17.9 Å². The van der Waals surface area contributed by atoms with E-state index in [1.54, 1.807) is 21.0 Å². The zero-order valence-electron chi connectivity index (χ0n) is 29.5. The summed E-state index contributed by atoms with van der Waals surface area (Å²) in [6, 6.07) is 4.05. The van der Waals surface area contributed by atoms with Crippen LogP contribution in [0.4, 0.5) is 0 Å². The van der Waals surface area contributed by atoms with Gasteiger partial charge in [-0.1, -0.05) is 51.9 Å². The van der Waals surface area contributed by atoms with E-state index < -0.39 is 41.2 Å². The molecule has 1 fully saturated rings. The smallest absolute Gasteiger partial charge is 0.339 e. The maximum absolute atomic E-state index is 14.2. The fraction of sp³-hybridized carbons (Fsp3) is 0.737. The Morgan fingerprint density at radius 1 is 0.979 bits per heavy atom. The molecule has 0 aromatic heterocycles. The molecule has 10 heteroatoms. The Hall–Kier alpha value is -2.82. The van der Waals surface area contributed by atoms with Crippen LogP contribution >= 0.6 is 0 Å². The maximum atomic E-state index is 14.2. The number of unbranched alkanes of at least 4 members (excludes halogenated alkanes) is 7. The predicted molar refractivity (Wildman–Crippen MR) is 181 cm³/mol. The summed E-state index contributed by atoms with van der Waals surface area (Å²) in [5.74, 6) is 0.0721. The summed E-state index contributed by atoms with van der Waals surface area (Å²) in [5.41, 5.74) is -1.43. The van der Waals surface area contributed by atoms with Gasteiger partial charge in [0.15, 0.2) is 23.2 Å². The minimum absolute atomic E-state index is 0.0569. The van der Waals surface area contributed by atoms with Gasteiger partial charge in [-0.3, -0.25) is 9.69 Å². The molecule has 5 rings (SSSR count). The van der Waals surface area contributed by atoms with Crippen molar-refractivity contribution >= 4 is 11.9 Å². The topological polar surface area (TPSA) is 124 Å². The lowest BCUT2D eigenvalue weighted by molar-refractivity contribution is -0.179. The van der Waals surface area contributed by atoms with Gasteiger partial charge in [-0.25, -0.2) is 4.79 Å². The molecule has 10 nitrogen and oxygen atoms in total. The Balaban J connectivity index is 1.32. The van der Waals surface area contributed by atoms with Crippen LogP contribution in [0.2, 0.25) is 0 Å². The van der Waals surface area contributed by atoms with Crippen molar-refractivity contribution in [2.24, 2.45) is 0 Å². The van der Waals surface area contributed by atoms with Crippen LogP contribution < -0.4 is 9.47 Å². The van der Waals surface area contributed by atoms with E-state index in [4.69, 9.17) is 23.7 Å². The highest BCUT2D eigenvalue weighted by Crippen LogP contribution is 2.55. The second-order valence-corrected chi connectivity index (χ2v) is 14.9. The van der Waals surface area contributed by atoms with Crippen LogP contribution in [0.25, 0.3) is 0 Å². The number of methoxy groups -OCH3 is 1. The van der Waals surface area contributed by atoms with E-state index in [-0.39, 0.29) is 25.7 Å². The van der Waals surface area contributed by atoms with Crippen LogP contribution in [0.1, 0.15) is 128 Å². The van der Waals surface area contributed by atoms with Gasteiger partial charge in [0, 0.05) is 6.54 Å². The summed E-state index contributed by atoms with van der Waals surface area (Å²) in [6.07, 6.45) is 13.0. The Morgan fingerprint density at radius 3 is 2.40 bits per heavy atom. The maximum Gasteiger partial charge on any atom is 0.339 e. The van der Waals surface area contributed by atoms with Gasteiger partial charge in [0.25, 0.3) is 0 Å². The number of fused-ring (bicyclic) bond motifs is 3. The van der Waals surface area contributed by atoms with Crippen molar-refractivity contribution in [1.29, 1.82) is 0 Å². The molecule has 4 aliphatic rings. The fourth-order valence-corrected chi connectivity index (χ4v) is 8.11. The molecule has 1 aromatic carbocycles. The van der Waals surface area contributed by atoms with Gasteiger partial charge in [0.05, 0.1) is 37.2 Å². The lowest BCUT2D eigenvalue weighted by Crippen LogP contribution is -2.49. The number of benzene rings is 1. The van der Waals surface area contributed by atoms with Gasteiger partial charge in [0.2, 0.25) is 6.79 Å². The van der Waals surface area contributed by atoms with Gasteiger partial charge < -0.3 is 33.9 Å². The number of carbonyl (C=O) groups excluding carboxylic acids is 2. The molecule has 0 radical (unpaired) electrons. The Labute approximate surface area is 286 Å². The van der Waals surface area contributed by atoms with Crippen LogP contribution in [-0.4, -0.2) is 83.5 Å². The molecule has 1 spiro atoms. The third kappa shape index (κ3) is 8.30. The zero-order chi connectivity index (χ0) is 34.4. The molecule has 0 bridgehead atoms. The SMILES string of the molecule is CCCCCCCCCCOC(=O)CC(O)(CCCC(C)(C)O)C(=O)OC1C(OC)=C[C@]23CCCN2CCc2cc4c(cc2[C@H]13)OCO4. The van der Waals surface area contributed by atoms with Crippen LogP contribution in [0, 0.1) is 0 Å². The summed E-state index contributed by atoms with van der Waals surface area (Å²) < 4.78 is 29.2. The first kappa shape index (κ1) is 36.5. The second kappa shape index (κ2) is 15.8. The van der Waals surface area contributed by atoms with Crippen LogP contribution in [0.3, 0.4) is 0 Å². The second-order valence-electron chi connectivity index (χ2n) is 14.9. The summed E-state index contributed by atoms with van der Waals surface area (Å²) in [7, 11) is 1.58. The highest BCUT2D eigenvalue weighted by atomic mass is 16.7. The predicted octanol–water partition coefficient (Wildman–Crippen LogP) is 6.09. The molecule has 0 amide bonds. The number of hydrogen-bond donors (Lipinski definition) is 2. The Kier molecular flexibility index (Phi) is 12.0. The first-order chi connectivity index (χ1) is 23.0. The lowest BCUT2D eigenvalue weighted by Gasteiger charge is -2.39. The van der Waals surface area contributed by atoms with E-state index >= 15 is 0 Å². The summed E-state index contributed by atoms with van der Waals surface area (Å²) in [5, 5.41) is 22.2. The number of nitrogens with zero attached hydrogens (tertiary/aromatic N) is 1. The summed E-state index contributed by atoms with van der Waals surface area (Å²) in [6.45, 7) is 7.72. The molecule has 3 heterocycles. The molecule has 4 atom stereocenters. The molecule has 1 aliphatic carbocycles. The van der Waals surface area contributed by atoms with Crippen molar-refractivity contribution in [2.45, 2.75) is 146 Å². The largest absolute Gasteiger partial charge is 0.497 e. The lowest BCUT2D eigenvalue weighted by atomic mass is 9.77. The molecule has 0 saturated carbocycles. The third-order valence-electron chi connectivity index (χ3n) is 10.7. The number of aliphatic hydroxyl groups is 2. The van der Waals surface area contributed by atoms with E-state index in [9.17, 15) is 19.8 Å². The Morgan fingerprint density at radius 2 is 1.69 bits per heavy atom. The molecule has 2 N–H and O–H groups in total. The minimum Gasteiger partial charge on any atom is -0.497 e. The van der Waals surface area contributed by atoms with Gasteiger partial charge in [0.1, 0.15) is 5.76 Å². The Bertz CT molecular complexity index is 1310. The van der Waals surface area contributed by atoms with Crippen molar-refractivity contribution in [1.82, 2.24) is 4.90 Å². The van der Waals surface area contributed by atoms with Crippen LogP contribution in [-0.2, 0) is 30.2 Å². The van der Waals surface area contributed by atoms with E-state index in [1.165, 1.54) is 32.1 Å². The number of ether oxygens (including phenoxy) is 5. The molecule has 2 unspecified atom stereocenters. The van der Waals surface area contributed by atoms with Crippen molar-refractivity contribution in [3.63, 3.8) is 0 Å². The monoisotopic (exact) mass is 671 g/mol. The highest BCUT2D eigenvalue weighted by Gasteiger charge is 2.59. The molecular weight excluding hydrogens is 614 g/mol.